The van der Waals surface area contributed by atoms with Crippen LogP contribution in [0.1, 0.15) is 105 Å². The molecule has 0 heterocycles. The first-order valence-corrected chi connectivity index (χ1v) is 11.9. The van der Waals surface area contributed by atoms with Crippen LogP contribution in [-0.2, 0) is 0 Å². The van der Waals surface area contributed by atoms with E-state index in [0.717, 1.165) is 12.8 Å². The molecular weight excluding hydrogens is 432 g/mol. The smallest absolute Gasteiger partial charge is 0.335 e. The van der Waals surface area contributed by atoms with Crippen LogP contribution in [-0.4, -0.2) is 44.6 Å². The molecule has 2 unspecified atom stereocenters. The van der Waals surface area contributed by atoms with Crippen molar-refractivity contribution in [3.05, 3.63) is 70.8 Å². The monoisotopic (exact) mass is 474 g/mol. The molecule has 2 aromatic carbocycles. The number of carboxylic acids is 2. The molecule has 2 aromatic rings. The maximum atomic E-state index is 10.5. The van der Waals surface area contributed by atoms with Crippen LogP contribution < -0.4 is 0 Å². The summed E-state index contributed by atoms with van der Waals surface area (Å²) in [5.74, 6) is -0.827. The predicted octanol–water partition coefficient (Wildman–Crippen LogP) is 6.18. The van der Waals surface area contributed by atoms with Crippen molar-refractivity contribution in [1.29, 1.82) is 0 Å². The average molecular weight is 475 g/mol. The van der Waals surface area contributed by atoms with Gasteiger partial charge in [0.1, 0.15) is 0 Å². The van der Waals surface area contributed by atoms with Crippen LogP contribution in [0.3, 0.4) is 0 Å². The van der Waals surface area contributed by atoms with Crippen molar-refractivity contribution < 1.29 is 30.0 Å². The van der Waals surface area contributed by atoms with Crippen molar-refractivity contribution in [1.82, 2.24) is 0 Å². The van der Waals surface area contributed by atoms with Gasteiger partial charge in [0.25, 0.3) is 0 Å². The number of rotatable bonds is 8. The largest absolute Gasteiger partial charge is 0.478 e. The van der Waals surface area contributed by atoms with Crippen molar-refractivity contribution >= 4 is 11.9 Å². The first-order valence-electron chi connectivity index (χ1n) is 11.9. The van der Waals surface area contributed by atoms with E-state index in [1.54, 1.807) is 24.3 Å². The van der Waals surface area contributed by atoms with Gasteiger partial charge in [-0.3, -0.25) is 0 Å². The summed E-state index contributed by atoms with van der Waals surface area (Å²) in [4.78, 5) is 21.0. The molecule has 0 aliphatic rings. The molecule has 6 nitrogen and oxygen atoms in total. The lowest BCUT2D eigenvalue weighted by Crippen LogP contribution is -2.28. The highest BCUT2D eigenvalue weighted by molar-refractivity contribution is 5.88. The summed E-state index contributed by atoms with van der Waals surface area (Å²) >= 11 is 0. The Labute approximate surface area is 204 Å². The number of aliphatic hydroxyl groups is 2. The SMILES string of the molecule is CC(C)c1ccc(C(=O)O)cc1.CC(C)c1ccc(C(=O)O)cc1.CCC(O)C(C)C(O)CC. The van der Waals surface area contributed by atoms with Gasteiger partial charge in [0.2, 0.25) is 0 Å². The summed E-state index contributed by atoms with van der Waals surface area (Å²) < 4.78 is 0. The number of carbonyl (C=O) groups is 2. The first-order chi connectivity index (χ1) is 15.8. The molecule has 0 saturated heterocycles. The molecule has 0 aliphatic heterocycles. The van der Waals surface area contributed by atoms with Crippen LogP contribution in [0, 0.1) is 5.92 Å². The average Bonchev–Trinajstić information content (AvgIpc) is 2.83. The molecule has 0 saturated carbocycles. The first kappa shape index (κ1) is 31.3. The lowest BCUT2D eigenvalue weighted by atomic mass is 9.95. The van der Waals surface area contributed by atoms with E-state index >= 15 is 0 Å². The van der Waals surface area contributed by atoms with Crippen molar-refractivity contribution in [2.24, 2.45) is 5.92 Å². The fourth-order valence-corrected chi connectivity index (χ4v) is 3.02. The molecule has 0 spiro atoms. The zero-order valence-corrected chi connectivity index (χ0v) is 21.5. The molecule has 0 bridgehead atoms. The summed E-state index contributed by atoms with van der Waals surface area (Å²) in [6.45, 7) is 14.0. The number of aliphatic hydroxyl groups excluding tert-OH is 2. The van der Waals surface area contributed by atoms with E-state index in [1.807, 2.05) is 45.0 Å². The van der Waals surface area contributed by atoms with E-state index in [4.69, 9.17) is 10.2 Å². The maximum absolute atomic E-state index is 10.5. The third-order valence-electron chi connectivity index (χ3n) is 5.70. The van der Waals surface area contributed by atoms with Gasteiger partial charge in [0.05, 0.1) is 23.3 Å². The standard InChI is InChI=1S/2C10H12O2.C8H18O2/c2*1-7(2)8-3-5-9(6-4-8)10(11)12;1-4-7(9)6(3)8(10)5-2/h2*3-7H,1-2H3,(H,11,12);6-10H,4-5H2,1-3H3. The number of hydrogen-bond acceptors (Lipinski definition) is 4. The third-order valence-corrected chi connectivity index (χ3v) is 5.70. The Bertz CT molecular complexity index is 769. The van der Waals surface area contributed by atoms with E-state index in [9.17, 15) is 19.8 Å². The Balaban J connectivity index is 0.000000484. The van der Waals surface area contributed by atoms with Gasteiger partial charge in [-0.05, 0) is 60.1 Å². The molecule has 0 radical (unpaired) electrons. The molecule has 0 fully saturated rings. The van der Waals surface area contributed by atoms with E-state index < -0.39 is 11.9 Å². The molecule has 0 aliphatic carbocycles. The minimum Gasteiger partial charge on any atom is -0.478 e. The minimum absolute atomic E-state index is 0.00926. The lowest BCUT2D eigenvalue weighted by molar-refractivity contribution is 0.0186. The second-order valence-electron chi connectivity index (χ2n) is 8.97. The Hall–Kier alpha value is -2.70. The summed E-state index contributed by atoms with van der Waals surface area (Å²) in [7, 11) is 0. The number of hydrogen-bond donors (Lipinski definition) is 4. The van der Waals surface area contributed by atoms with Crippen LogP contribution in [0.5, 0.6) is 0 Å². The number of carboxylic acid groups (broad SMARTS) is 2. The topological polar surface area (TPSA) is 115 Å². The maximum Gasteiger partial charge on any atom is 0.335 e. The molecule has 2 rings (SSSR count). The predicted molar refractivity (Wildman–Crippen MR) is 137 cm³/mol. The van der Waals surface area contributed by atoms with Gasteiger partial charge in [0, 0.05) is 5.92 Å². The van der Waals surface area contributed by atoms with Crippen molar-refractivity contribution in [3.8, 4) is 0 Å². The third kappa shape index (κ3) is 11.4. The summed E-state index contributed by atoms with van der Waals surface area (Å²) in [5.41, 5.74) is 3.03. The molecule has 4 N–H and O–H groups in total. The van der Waals surface area contributed by atoms with Gasteiger partial charge in [-0.2, -0.15) is 0 Å². The Morgan fingerprint density at radius 1 is 0.618 bits per heavy atom. The lowest BCUT2D eigenvalue weighted by Gasteiger charge is -2.21. The van der Waals surface area contributed by atoms with Crippen LogP contribution in [0.15, 0.2) is 48.5 Å². The Kier molecular flexibility index (Phi) is 14.7. The highest BCUT2D eigenvalue weighted by Crippen LogP contribution is 2.15. The van der Waals surface area contributed by atoms with Crippen LogP contribution in [0.25, 0.3) is 0 Å². The van der Waals surface area contributed by atoms with Crippen molar-refractivity contribution in [2.75, 3.05) is 0 Å². The van der Waals surface area contributed by atoms with E-state index in [1.165, 1.54) is 11.1 Å². The van der Waals surface area contributed by atoms with Gasteiger partial charge < -0.3 is 20.4 Å². The number of benzene rings is 2. The molecule has 190 valence electrons. The van der Waals surface area contributed by atoms with Gasteiger partial charge in [-0.1, -0.05) is 72.7 Å². The highest BCUT2D eigenvalue weighted by Gasteiger charge is 2.18. The zero-order chi connectivity index (χ0) is 26.4. The molecule has 34 heavy (non-hydrogen) atoms. The molecule has 2 atom stereocenters. The fraction of sp³-hybridized carbons (Fsp3) is 0.500. The Morgan fingerprint density at radius 2 is 0.882 bits per heavy atom. The second-order valence-corrected chi connectivity index (χ2v) is 8.97. The van der Waals surface area contributed by atoms with E-state index in [0.29, 0.717) is 23.0 Å². The van der Waals surface area contributed by atoms with Gasteiger partial charge in [-0.25, -0.2) is 9.59 Å². The van der Waals surface area contributed by atoms with Gasteiger partial charge >= 0.3 is 11.9 Å². The molecule has 0 aromatic heterocycles. The molecule has 6 heteroatoms. The van der Waals surface area contributed by atoms with Crippen LogP contribution in [0.2, 0.25) is 0 Å². The quantitative estimate of drug-likeness (QED) is 0.363. The molecular formula is C28H42O6. The Morgan fingerprint density at radius 3 is 1.06 bits per heavy atom. The zero-order valence-electron chi connectivity index (χ0n) is 21.5. The summed E-state index contributed by atoms with van der Waals surface area (Å²) in [6.07, 6.45) is 0.737. The highest BCUT2D eigenvalue weighted by atomic mass is 16.4. The summed E-state index contributed by atoms with van der Waals surface area (Å²) in [5, 5.41) is 35.8. The van der Waals surface area contributed by atoms with E-state index in [-0.39, 0.29) is 18.1 Å². The fourth-order valence-electron chi connectivity index (χ4n) is 3.02. The normalized spacial score (nSPS) is 13.1. The molecule has 0 amide bonds. The van der Waals surface area contributed by atoms with Crippen LogP contribution >= 0.6 is 0 Å². The summed E-state index contributed by atoms with van der Waals surface area (Å²) in [6, 6.07) is 14.0. The van der Waals surface area contributed by atoms with Crippen LogP contribution in [0.4, 0.5) is 0 Å². The van der Waals surface area contributed by atoms with Gasteiger partial charge in [0.15, 0.2) is 0 Å². The van der Waals surface area contributed by atoms with Crippen molar-refractivity contribution in [3.63, 3.8) is 0 Å². The van der Waals surface area contributed by atoms with Crippen molar-refractivity contribution in [2.45, 2.75) is 85.4 Å². The minimum atomic E-state index is -0.870. The van der Waals surface area contributed by atoms with E-state index in [2.05, 4.69) is 27.7 Å². The second kappa shape index (κ2) is 16.0. The number of aromatic carboxylic acids is 2. The van der Waals surface area contributed by atoms with Gasteiger partial charge in [-0.15, -0.1) is 0 Å².